The molecule has 0 saturated carbocycles. The lowest BCUT2D eigenvalue weighted by Gasteiger charge is -2.09. The molecule has 0 unspecified atom stereocenters. The number of rotatable bonds is 12. The van der Waals surface area contributed by atoms with Gasteiger partial charge in [0, 0.05) is 6.42 Å². The summed E-state index contributed by atoms with van der Waals surface area (Å²) in [5.41, 5.74) is 0. The van der Waals surface area contributed by atoms with Gasteiger partial charge in [-0.15, -0.1) is 0 Å². The Balaban J connectivity index is 3.10. The number of aliphatic hydroxyl groups is 1. The Bertz CT molecular complexity index is 174. The molecule has 0 aliphatic rings. The average molecular weight is 240 g/mol. The van der Waals surface area contributed by atoms with Gasteiger partial charge in [-0.2, -0.15) is 0 Å². The summed E-state index contributed by atoms with van der Waals surface area (Å²) < 4.78 is 0. The van der Waals surface area contributed by atoms with E-state index < -0.39 is 0 Å². The first-order valence-corrected chi connectivity index (χ1v) is 7.53. The van der Waals surface area contributed by atoms with Gasteiger partial charge in [0.1, 0.15) is 0 Å². The highest BCUT2D eigenvalue weighted by atomic mass is 16.3. The molecule has 0 aromatic heterocycles. The minimum atomic E-state index is 0.341. The van der Waals surface area contributed by atoms with E-state index in [4.69, 9.17) is 5.11 Å². The average Bonchev–Trinajstić information content (AvgIpc) is 2.26. The molecule has 0 aromatic rings. The van der Waals surface area contributed by atoms with Crippen LogP contribution < -0.4 is 0 Å². The van der Waals surface area contributed by atoms with Crippen molar-refractivity contribution in [3.8, 4) is 0 Å². The van der Waals surface area contributed by atoms with Crippen LogP contribution in [0.25, 0.3) is 0 Å². The molecule has 0 radical (unpaired) electrons. The third-order valence-corrected chi connectivity index (χ3v) is 3.38. The minimum Gasteiger partial charge on any atom is -0.513 e. The van der Waals surface area contributed by atoms with Gasteiger partial charge in [-0.1, -0.05) is 84.6 Å². The van der Waals surface area contributed by atoms with Crippen molar-refractivity contribution in [2.75, 3.05) is 0 Å². The van der Waals surface area contributed by atoms with Gasteiger partial charge >= 0.3 is 0 Å². The fourth-order valence-corrected chi connectivity index (χ4v) is 2.31. The van der Waals surface area contributed by atoms with Crippen molar-refractivity contribution in [2.45, 2.75) is 84.5 Å². The van der Waals surface area contributed by atoms with Crippen molar-refractivity contribution in [1.82, 2.24) is 0 Å². The summed E-state index contributed by atoms with van der Waals surface area (Å²) in [4.78, 5) is 0. The van der Waals surface area contributed by atoms with Crippen molar-refractivity contribution in [2.24, 2.45) is 5.92 Å². The van der Waals surface area contributed by atoms with Gasteiger partial charge in [0.2, 0.25) is 0 Å². The van der Waals surface area contributed by atoms with E-state index in [1.807, 2.05) is 0 Å². The second-order valence-electron chi connectivity index (χ2n) is 5.49. The molecule has 0 aliphatic heterocycles. The molecule has 0 heterocycles. The lowest BCUT2D eigenvalue weighted by atomic mass is 9.98. The van der Waals surface area contributed by atoms with Gasteiger partial charge < -0.3 is 5.11 Å². The maximum Gasteiger partial charge on any atom is 0.0853 e. The first kappa shape index (κ1) is 16.5. The first-order valence-electron chi connectivity index (χ1n) is 7.53. The molecule has 0 rings (SSSR count). The SMILES string of the molecule is C=C(O)C[C@H](C)CCCCCCCCCCC. The zero-order valence-corrected chi connectivity index (χ0v) is 12.0. The van der Waals surface area contributed by atoms with Crippen molar-refractivity contribution in [3.63, 3.8) is 0 Å². The van der Waals surface area contributed by atoms with Gasteiger partial charge in [0.25, 0.3) is 0 Å². The molecule has 0 spiro atoms. The third-order valence-electron chi connectivity index (χ3n) is 3.38. The molecule has 0 saturated heterocycles. The van der Waals surface area contributed by atoms with E-state index in [-0.39, 0.29) is 0 Å². The summed E-state index contributed by atoms with van der Waals surface area (Å²) in [5, 5.41) is 9.07. The van der Waals surface area contributed by atoms with Gasteiger partial charge in [-0.3, -0.25) is 0 Å². The molecular formula is C16H32O. The summed E-state index contributed by atoms with van der Waals surface area (Å²) in [6, 6.07) is 0. The predicted octanol–water partition coefficient (Wildman–Crippen LogP) is 6.01. The molecule has 1 heteroatoms. The summed E-state index contributed by atoms with van der Waals surface area (Å²) in [7, 11) is 0. The summed E-state index contributed by atoms with van der Waals surface area (Å²) in [5.74, 6) is 0.936. The van der Waals surface area contributed by atoms with E-state index in [1.165, 1.54) is 64.2 Å². The van der Waals surface area contributed by atoms with Crippen LogP contribution in [0.1, 0.15) is 84.5 Å². The molecule has 102 valence electrons. The summed E-state index contributed by atoms with van der Waals surface area (Å²) in [6.07, 6.45) is 14.5. The van der Waals surface area contributed by atoms with E-state index in [0.29, 0.717) is 11.7 Å². The van der Waals surface area contributed by atoms with Crippen molar-refractivity contribution in [3.05, 3.63) is 12.3 Å². The zero-order valence-electron chi connectivity index (χ0n) is 12.0. The number of hydrogen-bond donors (Lipinski definition) is 1. The molecule has 0 aliphatic carbocycles. The van der Waals surface area contributed by atoms with Gasteiger partial charge in [-0.05, 0) is 5.92 Å². The number of aliphatic hydroxyl groups excluding tert-OH is 1. The normalized spacial score (nSPS) is 12.6. The molecule has 0 bridgehead atoms. The Kier molecular flexibility index (Phi) is 11.7. The van der Waals surface area contributed by atoms with Crippen LogP contribution >= 0.6 is 0 Å². The smallest absolute Gasteiger partial charge is 0.0853 e. The molecule has 0 aromatic carbocycles. The molecule has 1 N–H and O–H groups in total. The predicted molar refractivity (Wildman–Crippen MR) is 77.4 cm³/mol. The van der Waals surface area contributed by atoms with Crippen LogP contribution in [0, 0.1) is 5.92 Å². The molecular weight excluding hydrogens is 208 g/mol. The Morgan fingerprint density at radius 3 is 1.88 bits per heavy atom. The minimum absolute atomic E-state index is 0.341. The zero-order chi connectivity index (χ0) is 12.9. The van der Waals surface area contributed by atoms with Crippen LogP contribution in [0.5, 0.6) is 0 Å². The van der Waals surface area contributed by atoms with Gasteiger partial charge in [-0.25, -0.2) is 0 Å². The Labute approximate surface area is 108 Å². The van der Waals surface area contributed by atoms with Crippen molar-refractivity contribution >= 4 is 0 Å². The molecule has 1 nitrogen and oxygen atoms in total. The monoisotopic (exact) mass is 240 g/mol. The van der Waals surface area contributed by atoms with Crippen LogP contribution in [0.3, 0.4) is 0 Å². The fraction of sp³-hybridized carbons (Fsp3) is 0.875. The maximum absolute atomic E-state index is 9.07. The van der Waals surface area contributed by atoms with Crippen LogP contribution in [0.2, 0.25) is 0 Å². The number of allylic oxidation sites excluding steroid dienone is 1. The lowest BCUT2D eigenvalue weighted by molar-refractivity contribution is 0.348. The van der Waals surface area contributed by atoms with Gasteiger partial charge in [0.05, 0.1) is 5.76 Å². The van der Waals surface area contributed by atoms with E-state index in [2.05, 4.69) is 20.4 Å². The first-order chi connectivity index (χ1) is 8.16. The molecule has 17 heavy (non-hydrogen) atoms. The van der Waals surface area contributed by atoms with Gasteiger partial charge in [0.15, 0.2) is 0 Å². The molecule has 1 atom stereocenters. The summed E-state index contributed by atoms with van der Waals surface area (Å²) >= 11 is 0. The standard InChI is InChI=1S/C16H32O/c1-4-5-6-7-8-9-10-11-12-13-15(2)14-16(3)17/h15,17H,3-14H2,1-2H3/t15-/m1/s1. The van der Waals surface area contributed by atoms with Crippen LogP contribution in [-0.2, 0) is 0 Å². The van der Waals surface area contributed by atoms with E-state index in [1.54, 1.807) is 0 Å². The highest BCUT2D eigenvalue weighted by molar-refractivity contribution is 4.80. The second kappa shape index (κ2) is 12.0. The lowest BCUT2D eigenvalue weighted by Crippen LogP contribution is -1.96. The largest absolute Gasteiger partial charge is 0.513 e. The molecule has 0 amide bonds. The van der Waals surface area contributed by atoms with E-state index in [0.717, 1.165) is 6.42 Å². The van der Waals surface area contributed by atoms with Crippen LogP contribution in [0.4, 0.5) is 0 Å². The molecule has 0 fully saturated rings. The number of hydrogen-bond acceptors (Lipinski definition) is 1. The Morgan fingerprint density at radius 2 is 1.41 bits per heavy atom. The summed E-state index contributed by atoms with van der Waals surface area (Å²) in [6.45, 7) is 8.01. The van der Waals surface area contributed by atoms with E-state index >= 15 is 0 Å². The number of unbranched alkanes of at least 4 members (excludes halogenated alkanes) is 8. The highest BCUT2D eigenvalue weighted by Crippen LogP contribution is 2.17. The van der Waals surface area contributed by atoms with Crippen LogP contribution in [-0.4, -0.2) is 5.11 Å². The fourth-order valence-electron chi connectivity index (χ4n) is 2.31. The highest BCUT2D eigenvalue weighted by Gasteiger charge is 2.03. The Morgan fingerprint density at radius 1 is 0.941 bits per heavy atom. The van der Waals surface area contributed by atoms with Crippen molar-refractivity contribution in [1.29, 1.82) is 0 Å². The Hall–Kier alpha value is -0.460. The quantitative estimate of drug-likeness (QED) is 0.327. The van der Waals surface area contributed by atoms with Crippen LogP contribution in [0.15, 0.2) is 12.3 Å². The third kappa shape index (κ3) is 13.5. The van der Waals surface area contributed by atoms with E-state index in [9.17, 15) is 0 Å². The second-order valence-corrected chi connectivity index (χ2v) is 5.49. The maximum atomic E-state index is 9.07. The topological polar surface area (TPSA) is 20.2 Å². The van der Waals surface area contributed by atoms with Crippen molar-refractivity contribution < 1.29 is 5.11 Å².